The molecule has 2 N–H and O–H groups in total. The van der Waals surface area contributed by atoms with Gasteiger partial charge in [0, 0.05) is 12.2 Å². The summed E-state index contributed by atoms with van der Waals surface area (Å²) in [7, 11) is 1.46. The summed E-state index contributed by atoms with van der Waals surface area (Å²) in [6, 6.07) is 1.66. The normalized spacial score (nSPS) is 12.6. The number of alkyl halides is 2. The molecule has 0 spiro atoms. The van der Waals surface area contributed by atoms with Crippen LogP contribution in [-0.4, -0.2) is 36.3 Å². The lowest BCUT2D eigenvalue weighted by atomic mass is 10.3. The zero-order valence-corrected chi connectivity index (χ0v) is 9.08. The second kappa shape index (κ2) is 5.60. The Bertz CT molecular complexity index is 348. The van der Waals surface area contributed by atoms with Gasteiger partial charge in [0.15, 0.2) is 5.75 Å². The second-order valence-electron chi connectivity index (χ2n) is 3.31. The molecule has 0 amide bonds. The first-order valence-corrected chi connectivity index (χ1v) is 4.75. The Balaban J connectivity index is 2.68. The van der Waals surface area contributed by atoms with Gasteiger partial charge >= 0.3 is 0 Å². The number of nitrogens with one attached hydrogen (secondary N) is 1. The third-order valence-corrected chi connectivity index (χ3v) is 2.02. The number of aliphatic hydroxyl groups excluding tert-OH is 1. The van der Waals surface area contributed by atoms with Crippen molar-refractivity contribution in [2.24, 2.45) is 0 Å². The fraction of sp³-hybridized carbons (Fsp3) is 0.500. The van der Waals surface area contributed by atoms with Crippen molar-refractivity contribution in [1.82, 2.24) is 4.98 Å². The van der Waals surface area contributed by atoms with Gasteiger partial charge in [-0.15, -0.1) is 0 Å². The monoisotopic (exact) mass is 232 g/mol. The molecule has 6 heteroatoms. The third kappa shape index (κ3) is 3.30. The van der Waals surface area contributed by atoms with Crippen LogP contribution >= 0.6 is 0 Å². The number of halogens is 2. The van der Waals surface area contributed by atoms with Gasteiger partial charge in [-0.2, -0.15) is 0 Å². The summed E-state index contributed by atoms with van der Waals surface area (Å²) in [6.45, 7) is 1.53. The van der Waals surface area contributed by atoms with Crippen LogP contribution in [-0.2, 0) is 0 Å². The molecule has 1 aromatic heterocycles. The van der Waals surface area contributed by atoms with E-state index in [1.165, 1.54) is 13.3 Å². The molecule has 0 saturated carbocycles. The van der Waals surface area contributed by atoms with Crippen LogP contribution in [0.25, 0.3) is 0 Å². The topological polar surface area (TPSA) is 54.4 Å². The maximum atomic E-state index is 12.1. The van der Waals surface area contributed by atoms with Crippen LogP contribution in [0.3, 0.4) is 0 Å². The van der Waals surface area contributed by atoms with E-state index in [0.29, 0.717) is 11.4 Å². The minimum absolute atomic E-state index is 0.239. The number of aliphatic hydroxyl groups is 1. The quantitative estimate of drug-likeness (QED) is 0.806. The maximum absolute atomic E-state index is 12.1. The Morgan fingerprint density at radius 2 is 2.25 bits per heavy atom. The standard InChI is InChI=1S/C10H14F2N2O2/c1-6-3-7(9(16-2)5-13-6)14-4-8(15)10(11)12/h3,5,8,10,15H,4H2,1-2H3,(H,13,14). The molecule has 0 aliphatic rings. The van der Waals surface area contributed by atoms with Gasteiger partial charge in [0.2, 0.25) is 0 Å². The van der Waals surface area contributed by atoms with E-state index in [1.807, 2.05) is 0 Å². The van der Waals surface area contributed by atoms with E-state index < -0.39 is 12.5 Å². The Morgan fingerprint density at radius 1 is 1.56 bits per heavy atom. The Labute approximate surface area is 92.3 Å². The first kappa shape index (κ1) is 12.6. The summed E-state index contributed by atoms with van der Waals surface area (Å²) >= 11 is 0. The van der Waals surface area contributed by atoms with Gasteiger partial charge in [0.05, 0.1) is 19.0 Å². The van der Waals surface area contributed by atoms with E-state index in [1.54, 1.807) is 13.0 Å². The molecule has 90 valence electrons. The smallest absolute Gasteiger partial charge is 0.265 e. The van der Waals surface area contributed by atoms with Crippen molar-refractivity contribution in [2.75, 3.05) is 19.0 Å². The fourth-order valence-electron chi connectivity index (χ4n) is 1.15. The highest BCUT2D eigenvalue weighted by atomic mass is 19.3. The van der Waals surface area contributed by atoms with Crippen LogP contribution in [0.1, 0.15) is 5.69 Å². The summed E-state index contributed by atoms with van der Waals surface area (Å²) in [5.41, 5.74) is 1.27. The predicted molar refractivity (Wildman–Crippen MR) is 56.0 cm³/mol. The van der Waals surface area contributed by atoms with Crippen molar-refractivity contribution < 1.29 is 18.6 Å². The van der Waals surface area contributed by atoms with E-state index in [4.69, 9.17) is 9.84 Å². The summed E-state index contributed by atoms with van der Waals surface area (Å²) in [6.07, 6.45) is -2.97. The Kier molecular flexibility index (Phi) is 4.42. The lowest BCUT2D eigenvalue weighted by molar-refractivity contribution is 0.00382. The Hall–Kier alpha value is -1.43. The molecule has 16 heavy (non-hydrogen) atoms. The summed E-state index contributed by atoms with van der Waals surface area (Å²) in [4.78, 5) is 4.00. The van der Waals surface area contributed by atoms with E-state index in [9.17, 15) is 8.78 Å². The van der Waals surface area contributed by atoms with Crippen LogP contribution in [0.5, 0.6) is 5.75 Å². The van der Waals surface area contributed by atoms with Gasteiger partial charge in [-0.05, 0) is 13.0 Å². The van der Waals surface area contributed by atoms with Crippen molar-refractivity contribution in [1.29, 1.82) is 0 Å². The van der Waals surface area contributed by atoms with E-state index in [0.717, 1.165) is 5.69 Å². The van der Waals surface area contributed by atoms with Gasteiger partial charge in [0.1, 0.15) is 6.10 Å². The number of anilines is 1. The van der Waals surface area contributed by atoms with Gasteiger partial charge in [0.25, 0.3) is 6.43 Å². The van der Waals surface area contributed by atoms with Crippen molar-refractivity contribution in [3.63, 3.8) is 0 Å². The molecule has 1 aromatic rings. The Morgan fingerprint density at radius 3 is 2.81 bits per heavy atom. The van der Waals surface area contributed by atoms with E-state index >= 15 is 0 Å². The van der Waals surface area contributed by atoms with Crippen LogP contribution < -0.4 is 10.1 Å². The SMILES string of the molecule is COc1cnc(C)cc1NCC(O)C(F)F. The molecule has 0 bridgehead atoms. The summed E-state index contributed by atoms with van der Waals surface area (Å²) < 4.78 is 29.1. The highest BCUT2D eigenvalue weighted by molar-refractivity contribution is 5.55. The predicted octanol–water partition coefficient (Wildman–Crippen LogP) is 1.44. The minimum Gasteiger partial charge on any atom is -0.493 e. The second-order valence-corrected chi connectivity index (χ2v) is 3.31. The molecule has 0 fully saturated rings. The fourth-order valence-corrected chi connectivity index (χ4v) is 1.15. The molecule has 0 radical (unpaired) electrons. The molecular formula is C10H14F2N2O2. The largest absolute Gasteiger partial charge is 0.493 e. The van der Waals surface area contributed by atoms with Crippen molar-refractivity contribution in [2.45, 2.75) is 19.5 Å². The van der Waals surface area contributed by atoms with Crippen LogP contribution in [0.4, 0.5) is 14.5 Å². The number of methoxy groups -OCH3 is 1. The molecule has 1 heterocycles. The van der Waals surface area contributed by atoms with Crippen molar-refractivity contribution >= 4 is 5.69 Å². The lowest BCUT2D eigenvalue weighted by Gasteiger charge is -2.14. The molecule has 0 aliphatic carbocycles. The van der Waals surface area contributed by atoms with Crippen LogP contribution in [0.15, 0.2) is 12.3 Å². The number of ether oxygens (including phenoxy) is 1. The maximum Gasteiger partial charge on any atom is 0.265 e. The number of nitrogens with zero attached hydrogens (tertiary/aromatic N) is 1. The highest BCUT2D eigenvalue weighted by Crippen LogP contribution is 2.23. The van der Waals surface area contributed by atoms with Crippen LogP contribution in [0, 0.1) is 6.92 Å². The number of rotatable bonds is 5. The molecule has 1 atom stereocenters. The number of pyridine rings is 1. The molecule has 1 rings (SSSR count). The van der Waals surface area contributed by atoms with Gasteiger partial charge in [-0.3, -0.25) is 4.98 Å². The zero-order chi connectivity index (χ0) is 12.1. The molecule has 0 saturated heterocycles. The van der Waals surface area contributed by atoms with Crippen LogP contribution in [0.2, 0.25) is 0 Å². The first-order chi connectivity index (χ1) is 7.54. The minimum atomic E-state index is -2.76. The average Bonchev–Trinajstić information content (AvgIpc) is 2.25. The van der Waals surface area contributed by atoms with Gasteiger partial charge in [-0.1, -0.05) is 0 Å². The zero-order valence-electron chi connectivity index (χ0n) is 9.08. The summed E-state index contributed by atoms with van der Waals surface area (Å²) in [5, 5.41) is 11.6. The average molecular weight is 232 g/mol. The molecule has 0 aliphatic heterocycles. The number of hydrogen-bond acceptors (Lipinski definition) is 4. The van der Waals surface area contributed by atoms with E-state index in [2.05, 4.69) is 10.3 Å². The van der Waals surface area contributed by atoms with Gasteiger partial charge in [-0.25, -0.2) is 8.78 Å². The van der Waals surface area contributed by atoms with E-state index in [-0.39, 0.29) is 6.54 Å². The molecular weight excluding hydrogens is 218 g/mol. The third-order valence-electron chi connectivity index (χ3n) is 2.02. The summed E-state index contributed by atoms with van der Waals surface area (Å²) in [5.74, 6) is 0.451. The number of hydrogen-bond donors (Lipinski definition) is 2. The molecule has 4 nitrogen and oxygen atoms in total. The molecule has 1 unspecified atom stereocenters. The van der Waals surface area contributed by atoms with Crippen molar-refractivity contribution in [3.8, 4) is 5.75 Å². The molecule has 0 aromatic carbocycles. The van der Waals surface area contributed by atoms with Gasteiger partial charge < -0.3 is 15.2 Å². The first-order valence-electron chi connectivity index (χ1n) is 4.75. The number of aromatic nitrogens is 1. The number of aryl methyl sites for hydroxylation is 1. The van der Waals surface area contributed by atoms with Crippen molar-refractivity contribution in [3.05, 3.63) is 18.0 Å². The highest BCUT2D eigenvalue weighted by Gasteiger charge is 2.16. The lowest BCUT2D eigenvalue weighted by Crippen LogP contribution is -2.26.